The van der Waals surface area contributed by atoms with Crippen LogP contribution in [0.2, 0.25) is 0 Å². The van der Waals surface area contributed by atoms with Crippen molar-refractivity contribution in [3.63, 3.8) is 0 Å². The highest BCUT2D eigenvalue weighted by molar-refractivity contribution is 9.10. The minimum Gasteiger partial charge on any atom is -0.343 e. The lowest BCUT2D eigenvalue weighted by molar-refractivity contribution is -0.130. The SMILES string of the molecule is O=C1Nc2cc(Br)ccc2C1NCCC(=O)N1CCCC1. The summed E-state index contributed by atoms with van der Waals surface area (Å²) < 4.78 is 0.936. The number of nitrogens with one attached hydrogen (secondary N) is 2. The number of amides is 2. The molecule has 1 fully saturated rings. The third kappa shape index (κ3) is 3.11. The van der Waals surface area contributed by atoms with E-state index >= 15 is 0 Å². The van der Waals surface area contributed by atoms with Crippen LogP contribution in [-0.4, -0.2) is 36.3 Å². The number of halogens is 1. The summed E-state index contributed by atoms with van der Waals surface area (Å²) in [7, 11) is 0. The van der Waals surface area contributed by atoms with Crippen LogP contribution in [0.5, 0.6) is 0 Å². The molecule has 2 amide bonds. The van der Waals surface area contributed by atoms with Crippen molar-refractivity contribution >= 4 is 33.4 Å². The van der Waals surface area contributed by atoms with Crippen molar-refractivity contribution in [3.05, 3.63) is 28.2 Å². The fourth-order valence-corrected chi connectivity index (χ4v) is 3.25. The first-order chi connectivity index (χ1) is 10.1. The average Bonchev–Trinajstić information content (AvgIpc) is 3.07. The van der Waals surface area contributed by atoms with Gasteiger partial charge in [-0.25, -0.2) is 0 Å². The van der Waals surface area contributed by atoms with Crippen LogP contribution < -0.4 is 10.6 Å². The molecule has 1 unspecified atom stereocenters. The van der Waals surface area contributed by atoms with Gasteiger partial charge in [-0.1, -0.05) is 22.0 Å². The second kappa shape index (κ2) is 6.15. The monoisotopic (exact) mass is 351 g/mol. The molecule has 2 heterocycles. The minimum absolute atomic E-state index is 0.0586. The molecule has 0 radical (unpaired) electrons. The lowest BCUT2D eigenvalue weighted by atomic mass is 10.1. The van der Waals surface area contributed by atoms with Gasteiger partial charge in [0.05, 0.1) is 0 Å². The van der Waals surface area contributed by atoms with Gasteiger partial charge in [0.1, 0.15) is 6.04 Å². The van der Waals surface area contributed by atoms with Crippen LogP contribution >= 0.6 is 15.9 Å². The summed E-state index contributed by atoms with van der Waals surface area (Å²) in [4.78, 5) is 25.9. The highest BCUT2D eigenvalue weighted by Crippen LogP contribution is 2.32. The highest BCUT2D eigenvalue weighted by Gasteiger charge is 2.30. The second-order valence-electron chi connectivity index (χ2n) is 5.45. The molecular weight excluding hydrogens is 334 g/mol. The molecule has 1 aromatic carbocycles. The van der Waals surface area contributed by atoms with Crippen molar-refractivity contribution < 1.29 is 9.59 Å². The van der Waals surface area contributed by atoms with Crippen LogP contribution in [0.4, 0.5) is 5.69 Å². The first-order valence-electron chi connectivity index (χ1n) is 7.26. The van der Waals surface area contributed by atoms with Crippen molar-refractivity contribution in [3.8, 4) is 0 Å². The van der Waals surface area contributed by atoms with Gasteiger partial charge in [0.2, 0.25) is 11.8 Å². The van der Waals surface area contributed by atoms with Crippen LogP contribution in [0, 0.1) is 0 Å². The Balaban J connectivity index is 1.56. The largest absolute Gasteiger partial charge is 0.343 e. The predicted molar refractivity (Wildman–Crippen MR) is 83.9 cm³/mol. The van der Waals surface area contributed by atoms with E-state index in [1.807, 2.05) is 23.1 Å². The Kier molecular flexibility index (Phi) is 4.26. The number of carbonyl (C=O) groups is 2. The van der Waals surface area contributed by atoms with Gasteiger partial charge < -0.3 is 15.5 Å². The second-order valence-corrected chi connectivity index (χ2v) is 6.36. The Morgan fingerprint density at radius 3 is 2.90 bits per heavy atom. The fraction of sp³-hybridized carbons (Fsp3) is 0.467. The maximum absolute atomic E-state index is 12.0. The number of likely N-dealkylation sites (tertiary alicyclic amines) is 1. The number of anilines is 1. The number of hydrogen-bond donors (Lipinski definition) is 2. The molecule has 2 aliphatic heterocycles. The van der Waals surface area contributed by atoms with Crippen LogP contribution in [0.3, 0.4) is 0 Å². The highest BCUT2D eigenvalue weighted by atomic mass is 79.9. The minimum atomic E-state index is -0.362. The number of nitrogens with zero attached hydrogens (tertiary/aromatic N) is 1. The number of carbonyl (C=O) groups excluding carboxylic acids is 2. The molecule has 0 aromatic heterocycles. The Morgan fingerprint density at radius 2 is 2.14 bits per heavy atom. The third-order valence-corrected chi connectivity index (χ3v) is 4.49. The number of hydrogen-bond acceptors (Lipinski definition) is 3. The van der Waals surface area contributed by atoms with E-state index in [-0.39, 0.29) is 17.9 Å². The summed E-state index contributed by atoms with van der Waals surface area (Å²) >= 11 is 3.39. The summed E-state index contributed by atoms with van der Waals surface area (Å²) in [5.41, 5.74) is 1.77. The van der Waals surface area contributed by atoms with Gasteiger partial charge in [-0.15, -0.1) is 0 Å². The molecule has 0 saturated carbocycles. The van der Waals surface area contributed by atoms with Gasteiger partial charge in [0, 0.05) is 41.8 Å². The Hall–Kier alpha value is -1.40. The van der Waals surface area contributed by atoms with Gasteiger partial charge in [-0.2, -0.15) is 0 Å². The van der Waals surface area contributed by atoms with Crippen LogP contribution in [0.25, 0.3) is 0 Å². The Labute approximate surface area is 132 Å². The van der Waals surface area contributed by atoms with Crippen molar-refractivity contribution in [1.82, 2.24) is 10.2 Å². The van der Waals surface area contributed by atoms with Gasteiger partial charge in [0.25, 0.3) is 0 Å². The van der Waals surface area contributed by atoms with Crippen molar-refractivity contribution in [1.29, 1.82) is 0 Å². The number of fused-ring (bicyclic) bond motifs is 1. The zero-order chi connectivity index (χ0) is 14.8. The molecule has 2 N–H and O–H groups in total. The molecule has 1 aromatic rings. The summed E-state index contributed by atoms with van der Waals surface area (Å²) in [6.07, 6.45) is 2.65. The molecule has 1 atom stereocenters. The van der Waals surface area contributed by atoms with Gasteiger partial charge in [-0.3, -0.25) is 9.59 Å². The molecule has 112 valence electrons. The van der Waals surface area contributed by atoms with Gasteiger partial charge in [0.15, 0.2) is 0 Å². The molecule has 1 saturated heterocycles. The van der Waals surface area contributed by atoms with E-state index in [0.29, 0.717) is 13.0 Å². The Bertz CT molecular complexity index is 570. The van der Waals surface area contributed by atoms with E-state index in [0.717, 1.165) is 41.7 Å². The molecule has 2 aliphatic rings. The predicted octanol–water partition coefficient (Wildman–Crippen LogP) is 2.04. The topological polar surface area (TPSA) is 61.4 Å². The molecule has 0 spiro atoms. The van der Waals surface area contributed by atoms with E-state index < -0.39 is 0 Å². The average molecular weight is 352 g/mol. The normalized spacial score (nSPS) is 20.5. The van der Waals surface area contributed by atoms with Crippen LogP contribution in [0.1, 0.15) is 30.9 Å². The quantitative estimate of drug-likeness (QED) is 0.872. The first kappa shape index (κ1) is 14.5. The summed E-state index contributed by atoms with van der Waals surface area (Å²) in [5.74, 6) is 0.117. The maximum Gasteiger partial charge on any atom is 0.246 e. The lowest BCUT2D eigenvalue weighted by Gasteiger charge is -2.16. The van der Waals surface area contributed by atoms with Crippen molar-refractivity contribution in [2.24, 2.45) is 0 Å². The fourth-order valence-electron chi connectivity index (χ4n) is 2.89. The van der Waals surface area contributed by atoms with Crippen LogP contribution in [-0.2, 0) is 9.59 Å². The smallest absolute Gasteiger partial charge is 0.246 e. The van der Waals surface area contributed by atoms with Crippen molar-refractivity contribution in [2.45, 2.75) is 25.3 Å². The van der Waals surface area contributed by atoms with E-state index in [9.17, 15) is 9.59 Å². The lowest BCUT2D eigenvalue weighted by Crippen LogP contribution is -2.33. The van der Waals surface area contributed by atoms with Gasteiger partial charge >= 0.3 is 0 Å². The third-order valence-electron chi connectivity index (χ3n) is 3.99. The Morgan fingerprint density at radius 1 is 1.38 bits per heavy atom. The van der Waals surface area contributed by atoms with E-state index in [4.69, 9.17) is 0 Å². The summed E-state index contributed by atoms with van der Waals surface area (Å²) in [6, 6.07) is 5.38. The molecule has 21 heavy (non-hydrogen) atoms. The molecule has 3 rings (SSSR count). The molecule has 5 nitrogen and oxygen atoms in total. The molecule has 0 bridgehead atoms. The van der Waals surface area contributed by atoms with Crippen molar-refractivity contribution in [2.75, 3.05) is 25.0 Å². The first-order valence-corrected chi connectivity index (χ1v) is 8.06. The molecule has 6 heteroatoms. The maximum atomic E-state index is 12.0. The van der Waals surface area contributed by atoms with E-state index in [1.54, 1.807) is 0 Å². The van der Waals surface area contributed by atoms with Crippen LogP contribution in [0.15, 0.2) is 22.7 Å². The van der Waals surface area contributed by atoms with E-state index in [2.05, 4.69) is 26.6 Å². The number of rotatable bonds is 4. The molecular formula is C15H18BrN3O2. The standard InChI is InChI=1S/C15H18BrN3O2/c16-10-3-4-11-12(9-10)18-15(21)14(11)17-6-5-13(20)19-7-1-2-8-19/h3-4,9,14,17H,1-2,5-8H2,(H,18,21). The summed E-state index contributed by atoms with van der Waals surface area (Å²) in [6.45, 7) is 2.27. The zero-order valence-corrected chi connectivity index (χ0v) is 13.3. The zero-order valence-electron chi connectivity index (χ0n) is 11.7. The van der Waals surface area contributed by atoms with E-state index in [1.165, 1.54) is 0 Å². The van der Waals surface area contributed by atoms with Gasteiger partial charge in [-0.05, 0) is 25.0 Å². The number of benzene rings is 1. The summed E-state index contributed by atoms with van der Waals surface area (Å²) in [5, 5.41) is 6.04. The molecule has 0 aliphatic carbocycles.